The fraction of sp³-hybridized carbons (Fsp3) is 0.429. The lowest BCUT2D eigenvalue weighted by molar-refractivity contribution is -0.138. The number of pyridine rings is 1. The molecule has 6 nitrogen and oxygen atoms in total. The number of amides is 2. The Labute approximate surface area is 172 Å². The first kappa shape index (κ1) is 22.0. The number of hydrogen-bond donors (Lipinski definition) is 3. The third-order valence-corrected chi connectivity index (χ3v) is 5.09. The molecule has 0 spiro atoms. The molecule has 0 bridgehead atoms. The molecule has 0 aliphatic heterocycles. The molecule has 1 aromatic heterocycles. The lowest BCUT2D eigenvalue weighted by Gasteiger charge is -2.29. The molecular formula is C21H24F3N3O3. The molecule has 0 saturated heterocycles. The van der Waals surface area contributed by atoms with E-state index in [1.807, 2.05) is 12.1 Å². The van der Waals surface area contributed by atoms with Gasteiger partial charge in [0.15, 0.2) is 0 Å². The summed E-state index contributed by atoms with van der Waals surface area (Å²) in [4.78, 5) is 16.2. The van der Waals surface area contributed by atoms with E-state index >= 15 is 0 Å². The van der Waals surface area contributed by atoms with E-state index < -0.39 is 24.4 Å². The molecule has 0 atom stereocenters. The smallest absolute Gasteiger partial charge is 0.392 e. The van der Waals surface area contributed by atoms with Crippen LogP contribution in [0.5, 0.6) is 0 Å². The van der Waals surface area contributed by atoms with E-state index in [0.717, 1.165) is 43.4 Å². The Bertz CT molecular complexity index is 838. The quantitative estimate of drug-likeness (QED) is 0.649. The van der Waals surface area contributed by atoms with Gasteiger partial charge in [-0.25, -0.2) is 4.79 Å². The number of benzene rings is 1. The maximum absolute atomic E-state index is 13.1. The molecule has 1 fully saturated rings. The van der Waals surface area contributed by atoms with Gasteiger partial charge in [-0.2, -0.15) is 13.2 Å². The van der Waals surface area contributed by atoms with Crippen molar-refractivity contribution in [2.45, 2.75) is 57.2 Å². The minimum absolute atomic E-state index is 0.0198. The molecule has 2 aromatic rings. The van der Waals surface area contributed by atoms with Crippen LogP contribution in [0.3, 0.4) is 0 Å². The Balaban J connectivity index is 1.46. The highest BCUT2D eigenvalue weighted by Gasteiger charge is 2.33. The fourth-order valence-corrected chi connectivity index (χ4v) is 3.48. The monoisotopic (exact) mass is 423 g/mol. The Kier molecular flexibility index (Phi) is 7.28. The number of aromatic nitrogens is 1. The molecule has 30 heavy (non-hydrogen) atoms. The highest BCUT2D eigenvalue weighted by atomic mass is 19.4. The normalized spacial score (nSPS) is 19.3. The second kappa shape index (κ2) is 9.90. The van der Waals surface area contributed by atoms with Crippen LogP contribution in [-0.4, -0.2) is 28.3 Å². The third kappa shape index (κ3) is 6.17. The number of carbonyl (C=O) groups excluding carboxylic acids is 1. The molecule has 1 aliphatic rings. The predicted octanol–water partition coefficient (Wildman–Crippen LogP) is 4.24. The van der Waals surface area contributed by atoms with Gasteiger partial charge in [0.25, 0.3) is 0 Å². The van der Waals surface area contributed by atoms with Gasteiger partial charge >= 0.3 is 12.2 Å². The van der Waals surface area contributed by atoms with E-state index in [1.165, 1.54) is 6.07 Å². The number of alkyl halides is 3. The molecule has 1 aromatic carbocycles. The third-order valence-electron chi connectivity index (χ3n) is 5.09. The van der Waals surface area contributed by atoms with Crippen LogP contribution in [0.4, 0.5) is 23.7 Å². The molecule has 3 rings (SSSR count). The number of ether oxygens (including phenoxy) is 1. The standard InChI is InChI=1S/C21H24F3N3O3/c22-21(23,24)19-11-17(2-1-15(19)12-28)27-20(29)26-16-3-5-18(6-4-16)30-13-14-7-9-25-10-8-14/h1-2,7-11,16,18,28H,3-6,12-13H2,(H2,26,27,29). The SMILES string of the molecule is O=C(Nc1ccc(CO)c(C(F)(F)F)c1)NC1CCC(OCc2ccncc2)CC1. The first-order valence-corrected chi connectivity index (χ1v) is 9.74. The summed E-state index contributed by atoms with van der Waals surface area (Å²) in [6.45, 7) is -0.217. The Morgan fingerprint density at radius 2 is 1.83 bits per heavy atom. The van der Waals surface area contributed by atoms with E-state index in [1.54, 1.807) is 12.4 Å². The van der Waals surface area contributed by atoms with Crippen molar-refractivity contribution in [2.24, 2.45) is 0 Å². The minimum Gasteiger partial charge on any atom is -0.392 e. The van der Waals surface area contributed by atoms with Gasteiger partial charge in [-0.3, -0.25) is 4.98 Å². The topological polar surface area (TPSA) is 83.5 Å². The summed E-state index contributed by atoms with van der Waals surface area (Å²) in [5.41, 5.74) is -0.130. The number of carbonyl (C=O) groups is 1. The van der Waals surface area contributed by atoms with Crippen LogP contribution >= 0.6 is 0 Å². The van der Waals surface area contributed by atoms with E-state index in [0.29, 0.717) is 6.61 Å². The maximum atomic E-state index is 13.1. The summed E-state index contributed by atoms with van der Waals surface area (Å²) in [5.74, 6) is 0. The van der Waals surface area contributed by atoms with Crippen molar-refractivity contribution in [1.82, 2.24) is 10.3 Å². The van der Waals surface area contributed by atoms with Crippen molar-refractivity contribution < 1.29 is 27.8 Å². The van der Waals surface area contributed by atoms with Gasteiger partial charge in [0.05, 0.1) is 24.9 Å². The van der Waals surface area contributed by atoms with E-state index in [4.69, 9.17) is 9.84 Å². The molecule has 3 N–H and O–H groups in total. The second-order valence-corrected chi connectivity index (χ2v) is 7.27. The highest BCUT2D eigenvalue weighted by molar-refractivity contribution is 5.89. The Morgan fingerprint density at radius 1 is 1.13 bits per heavy atom. The molecule has 2 amide bonds. The van der Waals surface area contributed by atoms with E-state index in [2.05, 4.69) is 15.6 Å². The van der Waals surface area contributed by atoms with Crippen LogP contribution < -0.4 is 10.6 Å². The van der Waals surface area contributed by atoms with Crippen molar-refractivity contribution in [3.63, 3.8) is 0 Å². The van der Waals surface area contributed by atoms with Crippen LogP contribution in [0.15, 0.2) is 42.7 Å². The van der Waals surface area contributed by atoms with Crippen molar-refractivity contribution in [3.05, 3.63) is 59.4 Å². The molecule has 1 saturated carbocycles. The van der Waals surface area contributed by atoms with Gasteiger partial charge in [0, 0.05) is 24.1 Å². The van der Waals surface area contributed by atoms with Gasteiger partial charge < -0.3 is 20.5 Å². The van der Waals surface area contributed by atoms with Crippen LogP contribution in [0, 0.1) is 0 Å². The molecule has 1 aliphatic carbocycles. The van der Waals surface area contributed by atoms with Crippen molar-refractivity contribution in [3.8, 4) is 0 Å². The van der Waals surface area contributed by atoms with Gasteiger partial charge in [-0.1, -0.05) is 6.07 Å². The zero-order chi connectivity index (χ0) is 21.6. The van der Waals surface area contributed by atoms with Crippen LogP contribution in [0.25, 0.3) is 0 Å². The number of urea groups is 1. The van der Waals surface area contributed by atoms with Crippen LogP contribution in [0.2, 0.25) is 0 Å². The number of aliphatic hydroxyl groups excluding tert-OH is 1. The lowest BCUT2D eigenvalue weighted by atomic mass is 9.93. The summed E-state index contributed by atoms with van der Waals surface area (Å²) < 4.78 is 45.1. The minimum atomic E-state index is -4.61. The van der Waals surface area contributed by atoms with Crippen LogP contribution in [0.1, 0.15) is 42.4 Å². The fourth-order valence-electron chi connectivity index (χ4n) is 3.48. The summed E-state index contributed by atoms with van der Waals surface area (Å²) >= 11 is 0. The molecule has 9 heteroatoms. The first-order chi connectivity index (χ1) is 14.3. The zero-order valence-electron chi connectivity index (χ0n) is 16.3. The molecule has 0 unspecified atom stereocenters. The summed E-state index contributed by atoms with van der Waals surface area (Å²) in [6.07, 6.45) is 1.97. The maximum Gasteiger partial charge on any atom is 0.416 e. The second-order valence-electron chi connectivity index (χ2n) is 7.27. The van der Waals surface area contributed by atoms with Crippen molar-refractivity contribution in [2.75, 3.05) is 5.32 Å². The van der Waals surface area contributed by atoms with Crippen molar-refractivity contribution >= 4 is 11.7 Å². The Morgan fingerprint density at radius 3 is 2.47 bits per heavy atom. The zero-order valence-corrected chi connectivity index (χ0v) is 16.3. The summed E-state index contributed by atoms with van der Waals surface area (Å²) in [7, 11) is 0. The number of nitrogens with zero attached hydrogens (tertiary/aromatic N) is 1. The van der Waals surface area contributed by atoms with Crippen molar-refractivity contribution in [1.29, 1.82) is 0 Å². The predicted molar refractivity (Wildman–Crippen MR) is 105 cm³/mol. The largest absolute Gasteiger partial charge is 0.416 e. The summed E-state index contributed by atoms with van der Waals surface area (Å²) in [5, 5.41) is 14.3. The lowest BCUT2D eigenvalue weighted by Crippen LogP contribution is -2.41. The van der Waals surface area contributed by atoms with Gasteiger partial charge in [-0.05, 0) is 61.1 Å². The van der Waals surface area contributed by atoms with Gasteiger partial charge in [-0.15, -0.1) is 0 Å². The van der Waals surface area contributed by atoms with Gasteiger partial charge in [0.1, 0.15) is 0 Å². The molecule has 162 valence electrons. The number of nitrogens with one attached hydrogen (secondary N) is 2. The molecule has 1 heterocycles. The number of aliphatic hydroxyl groups is 1. The van der Waals surface area contributed by atoms with Gasteiger partial charge in [0.2, 0.25) is 0 Å². The Hall–Kier alpha value is -2.65. The highest BCUT2D eigenvalue weighted by Crippen LogP contribution is 2.34. The average Bonchev–Trinajstić information content (AvgIpc) is 2.73. The summed E-state index contributed by atoms with van der Waals surface area (Å²) in [6, 6.07) is 6.50. The molecule has 0 radical (unpaired) electrons. The van der Waals surface area contributed by atoms with E-state index in [9.17, 15) is 18.0 Å². The number of halogens is 3. The number of hydrogen-bond acceptors (Lipinski definition) is 4. The van der Waals surface area contributed by atoms with E-state index in [-0.39, 0.29) is 23.4 Å². The average molecular weight is 423 g/mol. The number of rotatable bonds is 6. The number of anilines is 1. The first-order valence-electron chi connectivity index (χ1n) is 9.74. The molecular weight excluding hydrogens is 399 g/mol. The van der Waals surface area contributed by atoms with Crippen LogP contribution in [-0.2, 0) is 24.1 Å².